The fourth-order valence-electron chi connectivity index (χ4n) is 1.63. The lowest BCUT2D eigenvalue weighted by atomic mass is 10.2. The number of halogens is 1. The largest absolute Gasteiger partial charge is 0.313 e. The summed E-state index contributed by atoms with van der Waals surface area (Å²) < 4.78 is 12.8. The van der Waals surface area contributed by atoms with Gasteiger partial charge in [0.2, 0.25) is 0 Å². The first-order valence-corrected chi connectivity index (χ1v) is 8.51. The van der Waals surface area contributed by atoms with Crippen molar-refractivity contribution >= 4 is 8.07 Å². The molecule has 18 heavy (non-hydrogen) atoms. The highest BCUT2D eigenvalue weighted by molar-refractivity contribution is 7.53. The first kappa shape index (κ1) is 15.6. The Morgan fingerprint density at radius 1 is 1.22 bits per heavy atom. The monoisotopic (exact) mass is 270 g/mol. The van der Waals surface area contributed by atoms with Gasteiger partial charge >= 0.3 is 0 Å². The van der Waals surface area contributed by atoms with E-state index in [0.717, 1.165) is 25.7 Å². The van der Waals surface area contributed by atoms with E-state index in [2.05, 4.69) is 30.9 Å². The molecule has 0 saturated carbocycles. The van der Waals surface area contributed by atoms with E-state index in [4.69, 9.17) is 0 Å². The summed E-state index contributed by atoms with van der Waals surface area (Å²) in [6.45, 7) is 8.61. The molecule has 1 aromatic rings. The Kier molecular flexibility index (Phi) is 7.41. The Balaban J connectivity index is 2.17. The Morgan fingerprint density at radius 3 is 2.50 bits per heavy atom. The van der Waals surface area contributed by atoms with Crippen LogP contribution in [0.25, 0.3) is 0 Å². The predicted octanol–water partition coefficient (Wildman–Crippen LogP) is 3.33. The number of benzene rings is 1. The lowest BCUT2D eigenvalue weighted by molar-refractivity contribution is 0.536. The number of nitrogens with one attached hydrogen (secondary N) is 2. The fourth-order valence-corrected chi connectivity index (χ4v) is 2.99. The molecule has 2 N–H and O–H groups in total. The van der Waals surface area contributed by atoms with Crippen LogP contribution in [0.4, 0.5) is 4.39 Å². The number of hydrogen-bond donors (Lipinski definition) is 2. The highest BCUT2D eigenvalue weighted by atomic mass is 31.1. The quantitative estimate of drug-likeness (QED) is 0.559. The van der Waals surface area contributed by atoms with Crippen LogP contribution in [0.1, 0.15) is 25.8 Å². The van der Waals surface area contributed by atoms with Gasteiger partial charge in [0.05, 0.1) is 0 Å². The van der Waals surface area contributed by atoms with E-state index in [1.165, 1.54) is 17.7 Å². The van der Waals surface area contributed by atoms with Crippen LogP contribution < -0.4 is 10.4 Å². The highest BCUT2D eigenvalue weighted by Crippen LogP contribution is 2.29. The van der Waals surface area contributed by atoms with Crippen molar-refractivity contribution in [2.45, 2.75) is 32.5 Å². The van der Waals surface area contributed by atoms with Gasteiger partial charge in [0, 0.05) is 25.3 Å². The molecule has 0 radical (unpaired) electrons. The third-order valence-corrected chi connectivity index (χ3v) is 4.55. The van der Waals surface area contributed by atoms with Crippen LogP contribution in [0.3, 0.4) is 0 Å². The summed E-state index contributed by atoms with van der Waals surface area (Å²) in [5, 5.41) is 6.99. The molecule has 0 fully saturated rings. The molecule has 0 aliphatic heterocycles. The van der Waals surface area contributed by atoms with Crippen molar-refractivity contribution in [1.29, 1.82) is 0 Å². The van der Waals surface area contributed by atoms with Crippen LogP contribution >= 0.6 is 8.07 Å². The Bertz CT molecular complexity index is 329. The zero-order valence-electron chi connectivity index (χ0n) is 11.5. The molecule has 1 aromatic carbocycles. The molecule has 0 heterocycles. The first-order chi connectivity index (χ1) is 8.61. The molecule has 0 saturated heterocycles. The average molecular weight is 270 g/mol. The van der Waals surface area contributed by atoms with Gasteiger partial charge in [-0.15, -0.1) is 0 Å². The molecule has 102 valence electrons. The predicted molar refractivity (Wildman–Crippen MR) is 78.7 cm³/mol. The SMILES string of the molecule is CCC(C)NCCNP(C)Cc1ccc(F)cc1. The fraction of sp³-hybridized carbons (Fsp3) is 0.571. The van der Waals surface area contributed by atoms with Gasteiger partial charge in [-0.05, 0) is 45.8 Å². The normalized spacial score (nSPS) is 14.4. The number of rotatable bonds is 8. The summed E-state index contributed by atoms with van der Waals surface area (Å²) in [5.74, 6) is -0.162. The minimum atomic E-state index is -0.214. The first-order valence-electron chi connectivity index (χ1n) is 6.54. The summed E-state index contributed by atoms with van der Waals surface area (Å²) in [6.07, 6.45) is 2.16. The Labute approximate surface area is 111 Å². The third-order valence-electron chi connectivity index (χ3n) is 2.94. The molecule has 0 spiro atoms. The Morgan fingerprint density at radius 2 is 1.89 bits per heavy atom. The minimum absolute atomic E-state index is 0.162. The molecule has 0 aliphatic rings. The lowest BCUT2D eigenvalue weighted by Gasteiger charge is -2.16. The summed E-state index contributed by atoms with van der Waals surface area (Å²) in [4.78, 5) is 0. The van der Waals surface area contributed by atoms with Gasteiger partial charge in [-0.1, -0.05) is 19.1 Å². The zero-order chi connectivity index (χ0) is 13.4. The molecule has 2 unspecified atom stereocenters. The summed E-state index contributed by atoms with van der Waals surface area (Å²) in [7, 11) is -0.214. The van der Waals surface area contributed by atoms with Crippen molar-refractivity contribution in [3.8, 4) is 0 Å². The molecule has 0 aromatic heterocycles. The third kappa shape index (κ3) is 6.44. The van der Waals surface area contributed by atoms with Gasteiger partial charge in [0.1, 0.15) is 5.82 Å². The van der Waals surface area contributed by atoms with Gasteiger partial charge < -0.3 is 5.32 Å². The van der Waals surface area contributed by atoms with Gasteiger partial charge in [0.15, 0.2) is 0 Å². The molecular weight excluding hydrogens is 246 g/mol. The van der Waals surface area contributed by atoms with Gasteiger partial charge in [-0.3, -0.25) is 5.09 Å². The maximum absolute atomic E-state index is 12.8. The van der Waals surface area contributed by atoms with Crippen molar-refractivity contribution in [3.05, 3.63) is 35.6 Å². The van der Waals surface area contributed by atoms with E-state index in [1.54, 1.807) is 0 Å². The van der Waals surface area contributed by atoms with Crippen molar-refractivity contribution in [3.63, 3.8) is 0 Å². The van der Waals surface area contributed by atoms with E-state index in [0.29, 0.717) is 6.04 Å². The van der Waals surface area contributed by atoms with E-state index < -0.39 is 0 Å². The summed E-state index contributed by atoms with van der Waals surface area (Å²) >= 11 is 0. The average Bonchev–Trinajstić information content (AvgIpc) is 2.37. The molecule has 1 rings (SSSR count). The van der Waals surface area contributed by atoms with Crippen molar-refractivity contribution < 1.29 is 4.39 Å². The van der Waals surface area contributed by atoms with Crippen LogP contribution in [0, 0.1) is 5.82 Å². The molecule has 4 heteroatoms. The smallest absolute Gasteiger partial charge is 0.123 e. The topological polar surface area (TPSA) is 24.1 Å². The highest BCUT2D eigenvalue weighted by Gasteiger charge is 2.03. The van der Waals surface area contributed by atoms with Crippen molar-refractivity contribution in [1.82, 2.24) is 10.4 Å². The minimum Gasteiger partial charge on any atom is -0.313 e. The molecular formula is C14H24FN2P. The Hall–Kier alpha value is -0.500. The van der Waals surface area contributed by atoms with Gasteiger partial charge in [0.25, 0.3) is 0 Å². The van der Waals surface area contributed by atoms with Crippen LogP contribution in [0.5, 0.6) is 0 Å². The summed E-state index contributed by atoms with van der Waals surface area (Å²) in [5.41, 5.74) is 1.20. The van der Waals surface area contributed by atoms with Crippen LogP contribution in [-0.2, 0) is 6.16 Å². The van der Waals surface area contributed by atoms with Crippen molar-refractivity contribution in [2.24, 2.45) is 0 Å². The molecule has 0 aliphatic carbocycles. The van der Waals surface area contributed by atoms with Crippen LogP contribution in [-0.4, -0.2) is 25.8 Å². The van der Waals surface area contributed by atoms with Gasteiger partial charge in [-0.25, -0.2) is 4.39 Å². The second-order valence-corrected chi connectivity index (χ2v) is 6.68. The zero-order valence-corrected chi connectivity index (χ0v) is 12.4. The second-order valence-electron chi connectivity index (χ2n) is 4.65. The van der Waals surface area contributed by atoms with E-state index in [9.17, 15) is 4.39 Å². The summed E-state index contributed by atoms with van der Waals surface area (Å²) in [6, 6.07) is 7.39. The maximum Gasteiger partial charge on any atom is 0.123 e. The van der Waals surface area contributed by atoms with Crippen molar-refractivity contribution in [2.75, 3.05) is 19.8 Å². The van der Waals surface area contributed by atoms with Crippen LogP contribution in [0.2, 0.25) is 0 Å². The number of hydrogen-bond acceptors (Lipinski definition) is 2. The second kappa shape index (κ2) is 8.58. The van der Waals surface area contributed by atoms with E-state index >= 15 is 0 Å². The molecule has 2 nitrogen and oxygen atoms in total. The molecule has 0 bridgehead atoms. The standard InChI is InChI=1S/C14H24FN2P/c1-4-12(2)16-9-10-17-18(3)11-13-5-7-14(15)8-6-13/h5-8,12,16-17H,4,9-11H2,1-3H3. The molecule has 2 atom stereocenters. The van der Waals surface area contributed by atoms with E-state index in [1.807, 2.05) is 12.1 Å². The van der Waals surface area contributed by atoms with Crippen LogP contribution in [0.15, 0.2) is 24.3 Å². The maximum atomic E-state index is 12.8. The van der Waals surface area contributed by atoms with E-state index in [-0.39, 0.29) is 13.9 Å². The van der Waals surface area contributed by atoms with Gasteiger partial charge in [-0.2, -0.15) is 0 Å². The molecule has 0 amide bonds. The lowest BCUT2D eigenvalue weighted by Crippen LogP contribution is -2.31.